The standard InChI is InChI=1S/C5H7BrN2O2S2/c6-3-12(9,10)8-2-5-1-7-4-11-5/h1,4,8H,2-3H2. The molecule has 0 unspecified atom stereocenters. The van der Waals surface area contributed by atoms with Crippen LogP contribution in [0, 0.1) is 0 Å². The number of thiazole rings is 1. The Kier molecular flexibility index (Phi) is 3.63. The van der Waals surface area contributed by atoms with Crippen molar-refractivity contribution in [2.75, 3.05) is 4.66 Å². The van der Waals surface area contributed by atoms with E-state index in [2.05, 4.69) is 25.6 Å². The maximum Gasteiger partial charge on any atom is 0.221 e. The molecule has 12 heavy (non-hydrogen) atoms. The molecule has 0 aliphatic rings. The topological polar surface area (TPSA) is 59.1 Å². The molecule has 0 saturated heterocycles. The predicted molar refractivity (Wildman–Crippen MR) is 51.7 cm³/mol. The molecule has 7 heteroatoms. The molecule has 0 aliphatic heterocycles. The van der Waals surface area contributed by atoms with E-state index < -0.39 is 10.0 Å². The second-order valence-electron chi connectivity index (χ2n) is 2.01. The summed E-state index contributed by atoms with van der Waals surface area (Å²) >= 11 is 4.29. The molecule has 1 aromatic rings. The third-order valence-electron chi connectivity index (χ3n) is 1.09. The van der Waals surface area contributed by atoms with Crippen molar-refractivity contribution in [2.24, 2.45) is 0 Å². The van der Waals surface area contributed by atoms with Crippen molar-refractivity contribution in [1.82, 2.24) is 9.71 Å². The minimum absolute atomic E-state index is 0.0706. The summed E-state index contributed by atoms with van der Waals surface area (Å²) in [6, 6.07) is 0. The van der Waals surface area contributed by atoms with Gasteiger partial charge in [-0.15, -0.1) is 11.3 Å². The number of nitrogens with one attached hydrogen (secondary N) is 1. The van der Waals surface area contributed by atoms with Crippen LogP contribution in [0.4, 0.5) is 0 Å². The average Bonchev–Trinajstić information content (AvgIpc) is 2.53. The van der Waals surface area contributed by atoms with Gasteiger partial charge < -0.3 is 0 Å². The maximum atomic E-state index is 10.9. The fourth-order valence-electron chi connectivity index (χ4n) is 0.549. The molecular weight excluding hydrogens is 264 g/mol. The van der Waals surface area contributed by atoms with Crippen molar-refractivity contribution >= 4 is 37.3 Å². The van der Waals surface area contributed by atoms with Crippen LogP contribution < -0.4 is 4.72 Å². The highest BCUT2D eigenvalue weighted by Gasteiger charge is 2.06. The summed E-state index contributed by atoms with van der Waals surface area (Å²) in [5.41, 5.74) is 1.66. The Morgan fingerprint density at radius 1 is 1.67 bits per heavy atom. The summed E-state index contributed by atoms with van der Waals surface area (Å²) in [4.78, 5) is 4.72. The molecular formula is C5H7BrN2O2S2. The minimum Gasteiger partial charge on any atom is -0.253 e. The van der Waals surface area contributed by atoms with Gasteiger partial charge in [0.1, 0.15) is 4.66 Å². The molecule has 4 nitrogen and oxygen atoms in total. The van der Waals surface area contributed by atoms with Crippen molar-refractivity contribution in [1.29, 1.82) is 0 Å². The second-order valence-corrected chi connectivity index (χ2v) is 6.09. The first-order valence-corrected chi connectivity index (χ1v) is 6.70. The highest BCUT2D eigenvalue weighted by Crippen LogP contribution is 2.05. The molecule has 1 aromatic heterocycles. The summed E-state index contributed by atoms with van der Waals surface area (Å²) in [6.45, 7) is 0.318. The zero-order valence-corrected chi connectivity index (χ0v) is 9.25. The Hall–Kier alpha value is 0.0200. The quantitative estimate of drug-likeness (QED) is 0.828. The fourth-order valence-corrected chi connectivity index (χ4v) is 2.11. The van der Waals surface area contributed by atoms with Crippen LogP contribution in [0.25, 0.3) is 0 Å². The molecule has 0 aliphatic carbocycles. The first kappa shape index (κ1) is 10.1. The maximum absolute atomic E-state index is 10.9. The number of nitrogens with zero attached hydrogens (tertiary/aromatic N) is 1. The lowest BCUT2D eigenvalue weighted by atomic mass is 10.6. The van der Waals surface area contributed by atoms with Crippen LogP contribution in [-0.2, 0) is 16.6 Å². The number of halogens is 1. The molecule has 0 aromatic carbocycles. The zero-order chi connectivity index (χ0) is 9.03. The third kappa shape index (κ3) is 3.18. The number of aromatic nitrogens is 1. The van der Waals surface area contributed by atoms with Gasteiger partial charge in [0.15, 0.2) is 0 Å². The minimum atomic E-state index is -3.15. The Morgan fingerprint density at radius 2 is 2.42 bits per heavy atom. The molecule has 0 atom stereocenters. The van der Waals surface area contributed by atoms with Crippen LogP contribution in [0.5, 0.6) is 0 Å². The summed E-state index contributed by atoms with van der Waals surface area (Å²) in [6.07, 6.45) is 1.64. The molecule has 1 rings (SSSR count). The molecule has 68 valence electrons. The van der Waals surface area contributed by atoms with E-state index in [1.54, 1.807) is 11.7 Å². The van der Waals surface area contributed by atoms with Crippen molar-refractivity contribution < 1.29 is 8.42 Å². The Bertz CT molecular complexity index is 321. The van der Waals surface area contributed by atoms with Crippen molar-refractivity contribution in [3.05, 3.63) is 16.6 Å². The van der Waals surface area contributed by atoms with Crippen LogP contribution in [0.3, 0.4) is 0 Å². The van der Waals surface area contributed by atoms with E-state index in [1.165, 1.54) is 11.3 Å². The van der Waals surface area contributed by atoms with Gasteiger partial charge in [0.2, 0.25) is 10.0 Å². The van der Waals surface area contributed by atoms with Crippen LogP contribution in [-0.4, -0.2) is 18.1 Å². The van der Waals surface area contributed by atoms with Gasteiger partial charge in [-0.2, -0.15) is 0 Å². The average molecular weight is 271 g/mol. The SMILES string of the molecule is O=S(=O)(CBr)NCc1cncs1. The Labute approximate surface area is 83.2 Å². The summed E-state index contributed by atoms with van der Waals surface area (Å²) < 4.78 is 24.2. The van der Waals surface area contributed by atoms with Gasteiger partial charge in [0, 0.05) is 17.6 Å². The van der Waals surface area contributed by atoms with Gasteiger partial charge in [0.05, 0.1) is 5.51 Å². The number of hydrogen-bond acceptors (Lipinski definition) is 4. The van der Waals surface area contributed by atoms with Crippen LogP contribution >= 0.6 is 27.3 Å². The van der Waals surface area contributed by atoms with Crippen molar-refractivity contribution in [3.8, 4) is 0 Å². The molecule has 0 amide bonds. The summed E-state index contributed by atoms with van der Waals surface area (Å²) in [5, 5.41) is 0. The summed E-state index contributed by atoms with van der Waals surface area (Å²) in [7, 11) is -3.15. The number of sulfonamides is 1. The zero-order valence-electron chi connectivity index (χ0n) is 6.03. The molecule has 1 heterocycles. The van der Waals surface area contributed by atoms with E-state index in [9.17, 15) is 8.42 Å². The predicted octanol–water partition coefficient (Wildman–Crippen LogP) is 0.915. The second kappa shape index (κ2) is 4.31. The lowest BCUT2D eigenvalue weighted by Crippen LogP contribution is -2.23. The molecule has 0 fully saturated rings. The van der Waals surface area contributed by atoms with Crippen LogP contribution in [0.1, 0.15) is 4.88 Å². The van der Waals surface area contributed by atoms with Gasteiger partial charge in [-0.3, -0.25) is 4.98 Å². The number of rotatable bonds is 4. The lowest BCUT2D eigenvalue weighted by molar-refractivity contribution is 0.587. The molecule has 1 N–H and O–H groups in total. The smallest absolute Gasteiger partial charge is 0.221 e. The normalized spacial score (nSPS) is 11.8. The van der Waals surface area contributed by atoms with Crippen molar-refractivity contribution in [3.63, 3.8) is 0 Å². The Morgan fingerprint density at radius 3 is 2.92 bits per heavy atom. The van der Waals surface area contributed by atoms with E-state index >= 15 is 0 Å². The molecule has 0 saturated carbocycles. The molecule has 0 spiro atoms. The van der Waals surface area contributed by atoms with Gasteiger partial charge in [0.25, 0.3) is 0 Å². The van der Waals surface area contributed by atoms with E-state index in [0.717, 1.165) is 4.88 Å². The van der Waals surface area contributed by atoms with Crippen LogP contribution in [0.2, 0.25) is 0 Å². The van der Waals surface area contributed by atoms with Crippen LogP contribution in [0.15, 0.2) is 11.7 Å². The highest BCUT2D eigenvalue weighted by molar-refractivity contribution is 9.10. The molecule has 0 radical (unpaired) electrons. The van der Waals surface area contributed by atoms with Gasteiger partial charge in [-0.05, 0) is 0 Å². The van der Waals surface area contributed by atoms with Gasteiger partial charge in [-0.1, -0.05) is 15.9 Å². The third-order valence-corrected chi connectivity index (χ3v) is 4.55. The van der Waals surface area contributed by atoms with Crippen molar-refractivity contribution in [2.45, 2.75) is 6.54 Å². The van der Waals surface area contributed by atoms with E-state index in [-0.39, 0.29) is 4.66 Å². The monoisotopic (exact) mass is 270 g/mol. The van der Waals surface area contributed by atoms with Gasteiger partial charge >= 0.3 is 0 Å². The first-order chi connectivity index (χ1) is 5.64. The molecule has 0 bridgehead atoms. The highest BCUT2D eigenvalue weighted by atomic mass is 79.9. The number of alkyl halides is 1. The fraction of sp³-hybridized carbons (Fsp3) is 0.400. The lowest BCUT2D eigenvalue weighted by Gasteiger charge is -1.99. The summed E-state index contributed by atoms with van der Waals surface area (Å²) in [5.74, 6) is 0. The van der Waals surface area contributed by atoms with E-state index in [1.807, 2.05) is 0 Å². The van der Waals surface area contributed by atoms with Gasteiger partial charge in [-0.25, -0.2) is 13.1 Å². The van der Waals surface area contributed by atoms with E-state index in [4.69, 9.17) is 0 Å². The number of hydrogen-bond donors (Lipinski definition) is 1. The largest absolute Gasteiger partial charge is 0.253 e. The Balaban J connectivity index is 2.47. The van der Waals surface area contributed by atoms with E-state index in [0.29, 0.717) is 6.54 Å². The first-order valence-electron chi connectivity index (χ1n) is 3.05.